The Morgan fingerprint density at radius 1 is 1.04 bits per heavy atom. The Morgan fingerprint density at radius 2 is 1.54 bits per heavy atom. The molecule has 0 spiro atoms. The number of anilines is 2. The third kappa shape index (κ3) is 4.86. The maximum Gasteiger partial charge on any atom is 0.241 e. The van der Waals surface area contributed by atoms with Gasteiger partial charge in [-0.3, -0.25) is 9.69 Å². The van der Waals surface area contributed by atoms with Crippen LogP contribution in [-0.4, -0.2) is 34.0 Å². The second kappa shape index (κ2) is 9.19. The van der Waals surface area contributed by atoms with E-state index in [-0.39, 0.29) is 5.91 Å². The number of benzene rings is 2. The summed E-state index contributed by atoms with van der Waals surface area (Å²) in [5.74, 6) is 1.15. The van der Waals surface area contributed by atoms with Crippen LogP contribution in [0.5, 0.6) is 0 Å². The Hall–Kier alpha value is -1.85. The van der Waals surface area contributed by atoms with E-state index in [1.165, 1.54) is 24.6 Å². The summed E-state index contributed by atoms with van der Waals surface area (Å²) in [6.45, 7) is 4.29. The Labute approximate surface area is 165 Å². The number of thioether (sulfide) groups is 1. The summed E-state index contributed by atoms with van der Waals surface area (Å²) >= 11 is 7.05. The van der Waals surface area contributed by atoms with E-state index in [0.717, 1.165) is 34.7 Å². The van der Waals surface area contributed by atoms with Crippen LogP contribution in [-0.2, 0) is 4.79 Å². The monoisotopic (exact) mass is 384 g/mol. The molecule has 0 atom stereocenters. The lowest BCUT2D eigenvalue weighted by Crippen LogP contribution is -2.36. The van der Waals surface area contributed by atoms with Crippen molar-refractivity contribution in [2.75, 3.05) is 23.7 Å². The fraction of sp³-hybridized carbons (Fsp3) is 0.333. The van der Waals surface area contributed by atoms with Crippen molar-refractivity contribution in [3.05, 3.63) is 60.7 Å². The van der Waals surface area contributed by atoms with Gasteiger partial charge in [0.1, 0.15) is 4.32 Å². The smallest absolute Gasteiger partial charge is 0.241 e. The molecule has 0 bridgehead atoms. The molecule has 26 heavy (non-hydrogen) atoms. The van der Waals surface area contributed by atoms with Crippen LogP contribution in [0.3, 0.4) is 0 Å². The summed E-state index contributed by atoms with van der Waals surface area (Å²) in [7, 11) is 0. The van der Waals surface area contributed by atoms with Crippen LogP contribution in [0, 0.1) is 5.92 Å². The lowest BCUT2D eigenvalue weighted by Gasteiger charge is -2.32. The highest BCUT2D eigenvalue weighted by Crippen LogP contribution is 2.27. The molecule has 1 aliphatic rings. The first-order chi connectivity index (χ1) is 12.6. The molecule has 1 aliphatic heterocycles. The molecule has 136 valence electrons. The fourth-order valence-electron chi connectivity index (χ4n) is 3.06. The quantitative estimate of drug-likeness (QED) is 0.684. The summed E-state index contributed by atoms with van der Waals surface area (Å²) in [4.78, 5) is 17.0. The molecule has 1 heterocycles. The van der Waals surface area contributed by atoms with Gasteiger partial charge >= 0.3 is 0 Å². The molecule has 0 unspecified atom stereocenters. The highest BCUT2D eigenvalue weighted by molar-refractivity contribution is 8.23. The van der Waals surface area contributed by atoms with Crippen molar-refractivity contribution in [2.45, 2.75) is 19.8 Å². The molecular weight excluding hydrogens is 360 g/mol. The molecule has 1 fully saturated rings. The number of hydrogen-bond donors (Lipinski definition) is 0. The van der Waals surface area contributed by atoms with Crippen LogP contribution in [0.1, 0.15) is 19.8 Å². The first-order valence-electron chi connectivity index (χ1n) is 9.00. The van der Waals surface area contributed by atoms with Crippen molar-refractivity contribution in [3.8, 4) is 0 Å². The van der Waals surface area contributed by atoms with Gasteiger partial charge in [-0.25, -0.2) is 0 Å². The van der Waals surface area contributed by atoms with Gasteiger partial charge < -0.3 is 4.90 Å². The van der Waals surface area contributed by atoms with E-state index < -0.39 is 0 Å². The van der Waals surface area contributed by atoms with E-state index in [0.29, 0.717) is 5.75 Å². The minimum atomic E-state index is 0.0418. The SMILES string of the molecule is CC1CCN(C(=S)SCC(=O)N(c2ccccc2)c2ccccc2)CC1. The van der Waals surface area contributed by atoms with Crippen LogP contribution in [0.2, 0.25) is 0 Å². The van der Waals surface area contributed by atoms with Gasteiger partial charge in [0.15, 0.2) is 0 Å². The van der Waals surface area contributed by atoms with E-state index in [1.54, 1.807) is 4.90 Å². The number of thiocarbonyl (C=S) groups is 1. The summed E-state index contributed by atoms with van der Waals surface area (Å²) in [6.07, 6.45) is 2.35. The van der Waals surface area contributed by atoms with Gasteiger partial charge in [0.05, 0.1) is 5.75 Å². The third-order valence-corrected chi connectivity index (χ3v) is 6.15. The Kier molecular flexibility index (Phi) is 6.69. The van der Waals surface area contributed by atoms with Crippen LogP contribution < -0.4 is 4.90 Å². The van der Waals surface area contributed by atoms with Crippen molar-refractivity contribution in [1.29, 1.82) is 0 Å². The average molecular weight is 385 g/mol. The molecule has 0 aromatic heterocycles. The first-order valence-corrected chi connectivity index (χ1v) is 10.4. The van der Waals surface area contributed by atoms with Crippen molar-refractivity contribution < 1.29 is 4.79 Å². The topological polar surface area (TPSA) is 23.6 Å². The minimum absolute atomic E-state index is 0.0418. The van der Waals surface area contributed by atoms with Gasteiger partial charge in [-0.1, -0.05) is 67.3 Å². The maximum absolute atomic E-state index is 13.0. The number of para-hydroxylation sites is 2. The van der Waals surface area contributed by atoms with Gasteiger partial charge in [0.25, 0.3) is 0 Å². The van der Waals surface area contributed by atoms with E-state index in [2.05, 4.69) is 11.8 Å². The predicted octanol–water partition coefficient (Wildman–Crippen LogP) is 5.10. The van der Waals surface area contributed by atoms with Gasteiger partial charge in [-0.15, -0.1) is 0 Å². The number of nitrogens with zero attached hydrogens (tertiary/aromatic N) is 2. The van der Waals surface area contributed by atoms with Gasteiger partial charge in [0.2, 0.25) is 5.91 Å². The third-order valence-electron chi connectivity index (χ3n) is 4.64. The summed E-state index contributed by atoms with van der Waals surface area (Å²) < 4.78 is 0.839. The van der Waals surface area contributed by atoms with Gasteiger partial charge in [-0.05, 0) is 43.0 Å². The number of hydrogen-bond acceptors (Lipinski definition) is 3. The Bertz CT molecular complexity index is 689. The lowest BCUT2D eigenvalue weighted by molar-refractivity contribution is -0.115. The second-order valence-corrected chi connectivity index (χ2v) is 8.23. The summed E-state index contributed by atoms with van der Waals surface area (Å²) in [5, 5.41) is 0. The molecular formula is C21H24N2OS2. The number of piperidine rings is 1. The van der Waals surface area contributed by atoms with Crippen molar-refractivity contribution in [3.63, 3.8) is 0 Å². The van der Waals surface area contributed by atoms with Crippen LogP contribution >= 0.6 is 24.0 Å². The lowest BCUT2D eigenvalue weighted by atomic mass is 10.00. The molecule has 0 aliphatic carbocycles. The molecule has 3 nitrogen and oxygen atoms in total. The fourth-order valence-corrected chi connectivity index (χ4v) is 4.16. The molecule has 3 rings (SSSR count). The molecule has 0 radical (unpaired) electrons. The van der Waals surface area contributed by atoms with E-state index >= 15 is 0 Å². The second-order valence-electron chi connectivity index (χ2n) is 6.62. The summed E-state index contributed by atoms with van der Waals surface area (Å²) in [6, 6.07) is 19.5. The molecule has 1 amide bonds. The zero-order valence-corrected chi connectivity index (χ0v) is 16.6. The highest BCUT2D eigenvalue weighted by atomic mass is 32.2. The molecule has 0 N–H and O–H groups in total. The Morgan fingerprint density at radius 3 is 2.04 bits per heavy atom. The van der Waals surface area contributed by atoms with Gasteiger partial charge in [-0.2, -0.15) is 0 Å². The summed E-state index contributed by atoms with van der Waals surface area (Å²) in [5.41, 5.74) is 1.75. The molecule has 2 aromatic rings. The van der Waals surface area contributed by atoms with Crippen LogP contribution in [0.4, 0.5) is 11.4 Å². The standard InChI is InChI=1S/C21H24N2OS2/c1-17-12-14-22(15-13-17)21(25)26-16-20(24)23(18-8-4-2-5-9-18)19-10-6-3-7-11-19/h2-11,17H,12-16H2,1H3. The van der Waals surface area contributed by atoms with E-state index in [9.17, 15) is 4.79 Å². The minimum Gasteiger partial charge on any atom is -0.357 e. The zero-order chi connectivity index (χ0) is 18.4. The van der Waals surface area contributed by atoms with Crippen molar-refractivity contribution >= 4 is 45.6 Å². The van der Waals surface area contributed by atoms with E-state index in [4.69, 9.17) is 12.2 Å². The van der Waals surface area contributed by atoms with Crippen LogP contribution in [0.15, 0.2) is 60.7 Å². The molecule has 5 heteroatoms. The van der Waals surface area contributed by atoms with Crippen LogP contribution in [0.25, 0.3) is 0 Å². The number of likely N-dealkylation sites (tertiary alicyclic amines) is 1. The first kappa shape index (κ1) is 18.9. The van der Waals surface area contributed by atoms with Gasteiger partial charge in [0, 0.05) is 24.5 Å². The van der Waals surface area contributed by atoms with E-state index in [1.807, 2.05) is 60.7 Å². The number of amides is 1. The predicted molar refractivity (Wildman–Crippen MR) is 115 cm³/mol. The normalized spacial score (nSPS) is 14.9. The zero-order valence-electron chi connectivity index (χ0n) is 15.0. The Balaban J connectivity index is 1.67. The molecule has 0 saturated carbocycles. The number of carbonyl (C=O) groups is 1. The average Bonchev–Trinajstić information content (AvgIpc) is 2.68. The molecule has 1 saturated heterocycles. The molecule has 2 aromatic carbocycles. The maximum atomic E-state index is 13.0. The number of rotatable bonds is 4. The largest absolute Gasteiger partial charge is 0.357 e. The highest BCUT2D eigenvalue weighted by Gasteiger charge is 2.22. The number of carbonyl (C=O) groups excluding carboxylic acids is 1. The van der Waals surface area contributed by atoms with Crippen molar-refractivity contribution in [1.82, 2.24) is 4.90 Å². The van der Waals surface area contributed by atoms with Crippen molar-refractivity contribution in [2.24, 2.45) is 5.92 Å².